The molecule has 2 N–H and O–H groups in total. The Morgan fingerprint density at radius 3 is 1.32 bits per heavy atom. The Kier molecular flexibility index (Phi) is 43.3. The minimum Gasteiger partial charge on any atom is -0.449 e. The van der Waals surface area contributed by atoms with Crippen molar-refractivity contribution in [1.29, 1.82) is 0 Å². The van der Waals surface area contributed by atoms with E-state index in [-0.39, 0.29) is 24.9 Å². The fraction of sp³-hybridized carbons (Fsp3) is 0.960. The van der Waals surface area contributed by atoms with E-state index in [0.29, 0.717) is 72.4 Å². The third-order valence-corrected chi connectivity index (χ3v) is 11.3. The fourth-order valence-electron chi connectivity index (χ4n) is 6.78. The highest BCUT2D eigenvalue weighted by molar-refractivity contribution is 5.67. The fourth-order valence-corrected chi connectivity index (χ4v) is 6.78. The molecule has 12 heteroatoms. The van der Waals surface area contributed by atoms with E-state index in [1.807, 2.05) is 27.7 Å². The van der Waals surface area contributed by atoms with Crippen LogP contribution in [0.25, 0.3) is 0 Å². The number of amides is 2. The van der Waals surface area contributed by atoms with Crippen molar-refractivity contribution in [1.82, 2.24) is 10.6 Å². The quantitative estimate of drug-likeness (QED) is 0.0569. The maximum Gasteiger partial charge on any atom is 0.407 e. The van der Waals surface area contributed by atoms with Crippen LogP contribution in [0.4, 0.5) is 9.59 Å². The van der Waals surface area contributed by atoms with Crippen LogP contribution in [-0.4, -0.2) is 116 Å². The zero-order valence-corrected chi connectivity index (χ0v) is 41.5. The monoisotopic (exact) mass is 889 g/mol. The second-order valence-corrected chi connectivity index (χ2v) is 18.2. The lowest BCUT2D eigenvalue weighted by atomic mass is 10.0. The maximum absolute atomic E-state index is 12.4. The molecule has 0 aliphatic carbocycles. The molecule has 0 aromatic carbocycles. The highest BCUT2D eigenvalue weighted by Gasteiger charge is 2.22. The molecule has 0 aliphatic heterocycles. The van der Waals surface area contributed by atoms with Gasteiger partial charge in [0.25, 0.3) is 0 Å². The van der Waals surface area contributed by atoms with Crippen molar-refractivity contribution in [2.75, 3.05) is 86.3 Å². The third-order valence-electron chi connectivity index (χ3n) is 11.3. The van der Waals surface area contributed by atoms with Crippen molar-refractivity contribution in [3.63, 3.8) is 0 Å². The number of hydrogen-bond donors (Lipinski definition) is 2. The molecule has 0 saturated heterocycles. The van der Waals surface area contributed by atoms with Gasteiger partial charge >= 0.3 is 12.2 Å². The van der Waals surface area contributed by atoms with Crippen LogP contribution in [0.1, 0.15) is 208 Å². The second-order valence-electron chi connectivity index (χ2n) is 18.2. The smallest absolute Gasteiger partial charge is 0.407 e. The summed E-state index contributed by atoms with van der Waals surface area (Å²) in [5.41, 5.74) is -0.645. The minimum absolute atomic E-state index is 0.152. The van der Waals surface area contributed by atoms with Gasteiger partial charge in [-0.25, -0.2) is 9.59 Å². The molecule has 0 rings (SSSR count). The average Bonchev–Trinajstić information content (AvgIpc) is 3.24. The number of carbonyl (C=O) groups excluding carboxylic acids is 2. The van der Waals surface area contributed by atoms with Gasteiger partial charge in [0.15, 0.2) is 0 Å². The van der Waals surface area contributed by atoms with Crippen molar-refractivity contribution in [2.45, 2.75) is 226 Å². The summed E-state index contributed by atoms with van der Waals surface area (Å²) in [7, 11) is 1.70. The largest absolute Gasteiger partial charge is 0.449 e. The molecule has 2 amide bonds. The first-order valence-electron chi connectivity index (χ1n) is 25.4. The highest BCUT2D eigenvalue weighted by Crippen LogP contribution is 2.19. The molecule has 0 heterocycles. The standard InChI is InChI=1S/C50H100N2O10/c1-8-10-12-14-16-18-20-22-24-26-28-30-36-58-44-46(59-37-31-29-27-25-23-21-19-17-15-13-11-9-2)45-61-48(54)52-35-41-57-43-42-56-40-34-51-47(53)60-38-32-50(5,6)62-39-33-49(3,4)55-7/h46H,8-45H2,1-7H3,(H,51,53)(H,52,54)/t46-/m0/s1. The highest BCUT2D eigenvalue weighted by atomic mass is 16.6. The van der Waals surface area contributed by atoms with Crippen LogP contribution in [0.3, 0.4) is 0 Å². The molecule has 0 aliphatic rings. The second kappa shape index (κ2) is 44.5. The Labute approximate surface area is 381 Å². The number of rotatable bonds is 48. The van der Waals surface area contributed by atoms with Crippen LogP contribution < -0.4 is 10.6 Å². The van der Waals surface area contributed by atoms with Crippen molar-refractivity contribution < 1.29 is 47.5 Å². The van der Waals surface area contributed by atoms with Crippen LogP contribution in [-0.2, 0) is 37.9 Å². The number of unbranched alkanes of at least 4 members (excludes halogenated alkanes) is 22. The molecule has 0 aromatic rings. The number of hydrogen-bond acceptors (Lipinski definition) is 10. The Hall–Kier alpha value is -1.70. The van der Waals surface area contributed by atoms with E-state index in [1.165, 1.54) is 135 Å². The number of methoxy groups -OCH3 is 1. The summed E-state index contributed by atoms with van der Waals surface area (Å²) < 4.78 is 45.4. The van der Waals surface area contributed by atoms with Gasteiger partial charge in [-0.05, 0) is 47.0 Å². The van der Waals surface area contributed by atoms with Gasteiger partial charge in [-0.15, -0.1) is 0 Å². The first kappa shape index (κ1) is 60.3. The molecule has 0 radical (unpaired) electrons. The van der Waals surface area contributed by atoms with Crippen LogP contribution >= 0.6 is 0 Å². The molecule has 62 heavy (non-hydrogen) atoms. The molecule has 0 spiro atoms. The lowest BCUT2D eigenvalue weighted by Gasteiger charge is -2.28. The van der Waals surface area contributed by atoms with Gasteiger partial charge in [0.1, 0.15) is 12.7 Å². The zero-order chi connectivity index (χ0) is 45.7. The molecule has 1 atom stereocenters. The normalized spacial score (nSPS) is 12.4. The van der Waals surface area contributed by atoms with Gasteiger partial charge < -0.3 is 48.5 Å². The van der Waals surface area contributed by atoms with Gasteiger partial charge in [0.2, 0.25) is 0 Å². The van der Waals surface area contributed by atoms with Crippen molar-refractivity contribution in [2.24, 2.45) is 0 Å². The van der Waals surface area contributed by atoms with Crippen LogP contribution in [0, 0.1) is 0 Å². The molecule has 0 saturated carbocycles. The van der Waals surface area contributed by atoms with Crippen LogP contribution in [0.2, 0.25) is 0 Å². The molecular weight excluding hydrogens is 789 g/mol. The first-order chi connectivity index (χ1) is 30.0. The molecule has 0 fully saturated rings. The Balaban J connectivity index is 4.13. The summed E-state index contributed by atoms with van der Waals surface area (Å²) in [6, 6.07) is 0. The number of carbonyl (C=O) groups is 2. The van der Waals surface area contributed by atoms with Gasteiger partial charge in [-0.1, -0.05) is 155 Å². The minimum atomic E-state index is -0.495. The average molecular weight is 889 g/mol. The first-order valence-corrected chi connectivity index (χ1v) is 25.4. The van der Waals surface area contributed by atoms with Crippen molar-refractivity contribution in [3.05, 3.63) is 0 Å². The Morgan fingerprint density at radius 1 is 0.435 bits per heavy atom. The maximum atomic E-state index is 12.4. The Morgan fingerprint density at radius 2 is 0.855 bits per heavy atom. The van der Waals surface area contributed by atoms with E-state index in [2.05, 4.69) is 24.5 Å². The summed E-state index contributed by atoms with van der Waals surface area (Å²) in [5, 5.41) is 5.43. The summed E-state index contributed by atoms with van der Waals surface area (Å²) in [5.74, 6) is 0. The van der Waals surface area contributed by atoms with Gasteiger partial charge in [0.05, 0.1) is 57.5 Å². The molecule has 370 valence electrons. The van der Waals surface area contributed by atoms with E-state index in [0.717, 1.165) is 25.7 Å². The summed E-state index contributed by atoms with van der Waals surface area (Å²) in [6.45, 7) is 17.3. The predicted molar refractivity (Wildman–Crippen MR) is 253 cm³/mol. The third kappa shape index (κ3) is 44.9. The van der Waals surface area contributed by atoms with E-state index < -0.39 is 17.8 Å². The van der Waals surface area contributed by atoms with Crippen LogP contribution in [0.15, 0.2) is 0 Å². The van der Waals surface area contributed by atoms with Gasteiger partial charge in [-0.3, -0.25) is 0 Å². The van der Waals surface area contributed by atoms with E-state index >= 15 is 0 Å². The molecule has 12 nitrogen and oxygen atoms in total. The van der Waals surface area contributed by atoms with E-state index in [1.54, 1.807) is 7.11 Å². The molecule has 0 unspecified atom stereocenters. The van der Waals surface area contributed by atoms with E-state index in [4.69, 9.17) is 37.9 Å². The summed E-state index contributed by atoms with van der Waals surface area (Å²) in [6.07, 6.45) is 31.5. The Bertz CT molecular complexity index is 970. The number of ether oxygens (including phenoxy) is 8. The molecule has 0 aromatic heterocycles. The SMILES string of the molecule is CCCCCCCCCCCCCCOC[C@@H](COC(=O)NCCOCCOCCNC(=O)OCCC(C)(C)OCCC(C)(C)OC)OCCCCCCCCCCCCCC. The van der Waals surface area contributed by atoms with Crippen LogP contribution in [0.5, 0.6) is 0 Å². The number of nitrogens with one attached hydrogen (secondary N) is 2. The van der Waals surface area contributed by atoms with Crippen molar-refractivity contribution >= 4 is 12.2 Å². The lowest BCUT2D eigenvalue weighted by molar-refractivity contribution is -0.0662. The zero-order valence-electron chi connectivity index (χ0n) is 41.5. The van der Waals surface area contributed by atoms with Crippen molar-refractivity contribution in [3.8, 4) is 0 Å². The number of alkyl carbamates (subject to hydrolysis) is 2. The lowest BCUT2D eigenvalue weighted by Crippen LogP contribution is -2.33. The topological polar surface area (TPSA) is 132 Å². The molecule has 0 bridgehead atoms. The predicted octanol–water partition coefficient (Wildman–Crippen LogP) is 12.3. The van der Waals surface area contributed by atoms with Gasteiger partial charge in [0, 0.05) is 39.8 Å². The molecular formula is C50H100N2O10. The summed E-state index contributed by atoms with van der Waals surface area (Å²) in [4.78, 5) is 24.5. The van der Waals surface area contributed by atoms with E-state index in [9.17, 15) is 9.59 Å². The summed E-state index contributed by atoms with van der Waals surface area (Å²) >= 11 is 0. The van der Waals surface area contributed by atoms with Gasteiger partial charge in [-0.2, -0.15) is 0 Å².